The number of rotatable bonds is 2. The van der Waals surface area contributed by atoms with Crippen LogP contribution >= 0.6 is 0 Å². The fourth-order valence-corrected chi connectivity index (χ4v) is 2.63. The first-order valence-corrected chi connectivity index (χ1v) is 6.62. The van der Waals surface area contributed by atoms with Gasteiger partial charge < -0.3 is 5.32 Å². The van der Waals surface area contributed by atoms with Crippen molar-refractivity contribution >= 4 is 10.9 Å². The third-order valence-corrected chi connectivity index (χ3v) is 3.73. The summed E-state index contributed by atoms with van der Waals surface area (Å²) in [5.41, 5.74) is 2.48. The molecule has 0 bridgehead atoms. The van der Waals surface area contributed by atoms with Crippen LogP contribution in [0.5, 0.6) is 0 Å². The van der Waals surface area contributed by atoms with Crippen molar-refractivity contribution in [2.24, 2.45) is 0 Å². The summed E-state index contributed by atoms with van der Waals surface area (Å²) in [7, 11) is 0. The van der Waals surface area contributed by atoms with E-state index < -0.39 is 0 Å². The van der Waals surface area contributed by atoms with E-state index in [-0.39, 0.29) is 0 Å². The monoisotopic (exact) mass is 241 g/mol. The summed E-state index contributed by atoms with van der Waals surface area (Å²) in [6.07, 6.45) is 1.88. The number of nitrogens with zero attached hydrogens (tertiary/aromatic N) is 2. The molecule has 1 aliphatic heterocycles. The van der Waals surface area contributed by atoms with Crippen molar-refractivity contribution in [1.82, 2.24) is 15.2 Å². The molecule has 18 heavy (non-hydrogen) atoms. The number of nitrogens with one attached hydrogen (secondary N) is 1. The molecule has 1 fully saturated rings. The summed E-state index contributed by atoms with van der Waals surface area (Å²) >= 11 is 0. The zero-order chi connectivity index (χ0) is 12.4. The standard InChI is InChI=1S/C15H19N3/c1-12-10-16-8-9-18(12)11-14-5-2-4-13-6-3-7-17-15(13)14/h2-7,12,16H,8-11H2,1H3. The summed E-state index contributed by atoms with van der Waals surface area (Å²) in [6.45, 7) is 6.56. The molecule has 94 valence electrons. The quantitative estimate of drug-likeness (QED) is 0.872. The number of hydrogen-bond donors (Lipinski definition) is 1. The Morgan fingerprint density at radius 2 is 2.22 bits per heavy atom. The van der Waals surface area contributed by atoms with E-state index in [2.05, 4.69) is 46.4 Å². The number of fused-ring (bicyclic) bond motifs is 1. The predicted molar refractivity (Wildman–Crippen MR) is 74.5 cm³/mol. The molecule has 1 N–H and O–H groups in total. The van der Waals surface area contributed by atoms with Gasteiger partial charge in [-0.25, -0.2) is 0 Å². The minimum Gasteiger partial charge on any atom is -0.314 e. The van der Waals surface area contributed by atoms with Crippen LogP contribution in [0, 0.1) is 0 Å². The molecule has 0 spiro atoms. The van der Waals surface area contributed by atoms with E-state index in [0.29, 0.717) is 6.04 Å². The van der Waals surface area contributed by atoms with Gasteiger partial charge in [0.1, 0.15) is 0 Å². The highest BCUT2D eigenvalue weighted by atomic mass is 15.2. The van der Waals surface area contributed by atoms with E-state index in [0.717, 1.165) is 31.7 Å². The van der Waals surface area contributed by atoms with Crippen molar-refractivity contribution in [3.8, 4) is 0 Å². The average Bonchev–Trinajstić information content (AvgIpc) is 2.42. The highest BCUT2D eigenvalue weighted by molar-refractivity contribution is 5.81. The smallest absolute Gasteiger partial charge is 0.0746 e. The Balaban J connectivity index is 1.90. The van der Waals surface area contributed by atoms with Crippen LogP contribution in [-0.2, 0) is 6.54 Å². The second-order valence-corrected chi connectivity index (χ2v) is 5.02. The van der Waals surface area contributed by atoms with Crippen LogP contribution in [0.2, 0.25) is 0 Å². The topological polar surface area (TPSA) is 28.2 Å². The van der Waals surface area contributed by atoms with Crippen LogP contribution in [0.25, 0.3) is 10.9 Å². The van der Waals surface area contributed by atoms with Crippen LogP contribution in [0.3, 0.4) is 0 Å². The summed E-state index contributed by atoms with van der Waals surface area (Å²) in [6, 6.07) is 11.2. The average molecular weight is 241 g/mol. The lowest BCUT2D eigenvalue weighted by Gasteiger charge is -2.34. The minimum absolute atomic E-state index is 0.595. The maximum atomic E-state index is 4.53. The van der Waals surface area contributed by atoms with Crippen molar-refractivity contribution < 1.29 is 0 Å². The Labute approximate surface area is 108 Å². The molecule has 1 unspecified atom stereocenters. The second-order valence-electron chi connectivity index (χ2n) is 5.02. The van der Waals surface area contributed by atoms with Crippen LogP contribution in [0.15, 0.2) is 36.5 Å². The van der Waals surface area contributed by atoms with Gasteiger partial charge in [0.2, 0.25) is 0 Å². The number of para-hydroxylation sites is 1. The third kappa shape index (κ3) is 2.24. The molecule has 3 rings (SSSR count). The van der Waals surface area contributed by atoms with E-state index in [1.165, 1.54) is 10.9 Å². The van der Waals surface area contributed by atoms with Crippen molar-refractivity contribution in [1.29, 1.82) is 0 Å². The van der Waals surface area contributed by atoms with Crippen molar-refractivity contribution in [3.63, 3.8) is 0 Å². The van der Waals surface area contributed by atoms with Gasteiger partial charge in [-0.3, -0.25) is 9.88 Å². The molecule has 0 aliphatic carbocycles. The Bertz CT molecular complexity index is 533. The second kappa shape index (κ2) is 5.04. The number of pyridine rings is 1. The lowest BCUT2D eigenvalue weighted by molar-refractivity contribution is 0.166. The van der Waals surface area contributed by atoms with Gasteiger partial charge in [0.05, 0.1) is 5.52 Å². The number of piperazine rings is 1. The molecule has 0 saturated carbocycles. The third-order valence-electron chi connectivity index (χ3n) is 3.73. The molecule has 0 amide bonds. The Morgan fingerprint density at radius 1 is 1.33 bits per heavy atom. The number of aromatic nitrogens is 1. The van der Waals surface area contributed by atoms with Crippen molar-refractivity contribution in [3.05, 3.63) is 42.1 Å². The maximum Gasteiger partial charge on any atom is 0.0746 e. The first kappa shape index (κ1) is 11.6. The van der Waals surface area contributed by atoms with E-state index >= 15 is 0 Å². The van der Waals surface area contributed by atoms with Gasteiger partial charge in [-0.05, 0) is 18.6 Å². The summed E-state index contributed by atoms with van der Waals surface area (Å²) in [4.78, 5) is 7.06. The van der Waals surface area contributed by atoms with E-state index in [1.807, 2.05) is 12.3 Å². The Kier molecular flexibility index (Phi) is 3.26. The SMILES string of the molecule is CC1CNCCN1Cc1cccc2cccnc12. The predicted octanol–water partition coefficient (Wildman–Crippen LogP) is 2.03. The van der Waals surface area contributed by atoms with E-state index in [4.69, 9.17) is 0 Å². The molecule has 3 heteroatoms. The molecule has 1 atom stereocenters. The Hall–Kier alpha value is -1.45. The van der Waals surface area contributed by atoms with E-state index in [9.17, 15) is 0 Å². The zero-order valence-corrected chi connectivity index (χ0v) is 10.8. The van der Waals surface area contributed by atoms with Crippen LogP contribution in [-0.4, -0.2) is 35.6 Å². The lowest BCUT2D eigenvalue weighted by atomic mass is 10.1. The fourth-order valence-electron chi connectivity index (χ4n) is 2.63. The maximum absolute atomic E-state index is 4.53. The van der Waals surface area contributed by atoms with Gasteiger partial charge in [-0.2, -0.15) is 0 Å². The summed E-state index contributed by atoms with van der Waals surface area (Å²) in [5.74, 6) is 0. The molecular weight excluding hydrogens is 222 g/mol. The molecule has 1 saturated heterocycles. The van der Waals surface area contributed by atoms with Gasteiger partial charge >= 0.3 is 0 Å². The molecule has 3 nitrogen and oxygen atoms in total. The van der Waals surface area contributed by atoms with Crippen LogP contribution in [0.1, 0.15) is 12.5 Å². The molecule has 1 aromatic heterocycles. The molecule has 2 heterocycles. The Morgan fingerprint density at radius 3 is 3.11 bits per heavy atom. The van der Waals surface area contributed by atoms with Crippen LogP contribution < -0.4 is 5.32 Å². The normalized spacial score (nSPS) is 21.3. The highest BCUT2D eigenvalue weighted by Gasteiger charge is 2.18. The van der Waals surface area contributed by atoms with Crippen molar-refractivity contribution in [2.75, 3.05) is 19.6 Å². The van der Waals surface area contributed by atoms with Gasteiger partial charge in [-0.1, -0.05) is 24.3 Å². The number of benzene rings is 1. The summed E-state index contributed by atoms with van der Waals surface area (Å²) < 4.78 is 0. The first-order valence-electron chi connectivity index (χ1n) is 6.62. The minimum atomic E-state index is 0.595. The van der Waals surface area contributed by atoms with Gasteiger partial charge in [-0.15, -0.1) is 0 Å². The fraction of sp³-hybridized carbons (Fsp3) is 0.400. The first-order chi connectivity index (χ1) is 8.84. The summed E-state index contributed by atoms with van der Waals surface area (Å²) in [5, 5.41) is 4.66. The molecule has 1 aromatic carbocycles. The lowest BCUT2D eigenvalue weighted by Crippen LogP contribution is -2.49. The van der Waals surface area contributed by atoms with Crippen molar-refractivity contribution in [2.45, 2.75) is 19.5 Å². The van der Waals surface area contributed by atoms with Gasteiger partial charge in [0, 0.05) is 43.8 Å². The molecule has 0 radical (unpaired) electrons. The zero-order valence-electron chi connectivity index (χ0n) is 10.8. The van der Waals surface area contributed by atoms with E-state index in [1.54, 1.807) is 0 Å². The largest absolute Gasteiger partial charge is 0.314 e. The molecular formula is C15H19N3. The highest BCUT2D eigenvalue weighted by Crippen LogP contribution is 2.19. The van der Waals surface area contributed by atoms with Crippen LogP contribution in [0.4, 0.5) is 0 Å². The van der Waals surface area contributed by atoms with Gasteiger partial charge in [0.15, 0.2) is 0 Å². The molecule has 2 aromatic rings. The number of hydrogen-bond acceptors (Lipinski definition) is 3. The van der Waals surface area contributed by atoms with Gasteiger partial charge in [0.25, 0.3) is 0 Å². The molecule has 1 aliphatic rings.